The van der Waals surface area contributed by atoms with Gasteiger partial charge in [0.2, 0.25) is 0 Å². The standard InChI is InChI=1S/C23H28N2O.C22H26N2O/c1-15(2)20-8-7-9-21(16(3)4)22(20)25-11-10-24-23(25)18-12-17(5)13-19(14-18)26-6;1-14(2)19-7-6-8-20(15(3)4)21(19)24-10-9-23-22(24)17-11-16(5)12-18(25)13-17/h7-16H,1-6H3;6-15,25H,1-5H3. The molecule has 0 amide bonds. The Morgan fingerprint density at radius 1 is 0.549 bits per heavy atom. The summed E-state index contributed by atoms with van der Waals surface area (Å²) in [5, 5.41) is 10.0. The minimum absolute atomic E-state index is 0.269. The third kappa shape index (κ3) is 8.12. The van der Waals surface area contributed by atoms with E-state index >= 15 is 0 Å². The molecule has 6 nitrogen and oxygen atoms in total. The number of hydrogen-bond acceptors (Lipinski definition) is 4. The van der Waals surface area contributed by atoms with Gasteiger partial charge in [-0.15, -0.1) is 0 Å². The number of imidazole rings is 2. The third-order valence-corrected chi connectivity index (χ3v) is 9.31. The van der Waals surface area contributed by atoms with E-state index in [0.29, 0.717) is 23.7 Å². The largest absolute Gasteiger partial charge is 0.508 e. The molecule has 4 aromatic carbocycles. The van der Waals surface area contributed by atoms with Crippen LogP contribution in [0.5, 0.6) is 11.5 Å². The molecule has 0 radical (unpaired) electrons. The number of hydrogen-bond donors (Lipinski definition) is 1. The summed E-state index contributed by atoms with van der Waals surface area (Å²) in [4.78, 5) is 9.29. The summed E-state index contributed by atoms with van der Waals surface area (Å²) in [5.74, 6) is 4.62. The van der Waals surface area contributed by atoms with E-state index < -0.39 is 0 Å². The molecule has 51 heavy (non-hydrogen) atoms. The summed E-state index contributed by atoms with van der Waals surface area (Å²) in [6, 6.07) is 25.0. The van der Waals surface area contributed by atoms with Crippen LogP contribution in [0.2, 0.25) is 0 Å². The number of methoxy groups -OCH3 is 1. The molecule has 0 fully saturated rings. The third-order valence-electron chi connectivity index (χ3n) is 9.31. The molecule has 0 aliphatic heterocycles. The fourth-order valence-electron chi connectivity index (χ4n) is 6.86. The van der Waals surface area contributed by atoms with Crippen molar-refractivity contribution in [3.8, 4) is 45.6 Å². The average molecular weight is 683 g/mol. The molecule has 0 unspecified atom stereocenters. The van der Waals surface area contributed by atoms with Gasteiger partial charge >= 0.3 is 0 Å². The fourth-order valence-corrected chi connectivity index (χ4v) is 6.86. The zero-order valence-corrected chi connectivity index (χ0v) is 32.2. The molecule has 6 rings (SSSR count). The Bertz CT molecular complexity index is 2020. The van der Waals surface area contributed by atoms with E-state index in [9.17, 15) is 5.11 Å². The van der Waals surface area contributed by atoms with Crippen molar-refractivity contribution >= 4 is 0 Å². The molecular weight excluding hydrogens is 629 g/mol. The van der Waals surface area contributed by atoms with Gasteiger partial charge in [0.25, 0.3) is 0 Å². The van der Waals surface area contributed by atoms with Crippen LogP contribution in [0.25, 0.3) is 34.2 Å². The first-order valence-corrected chi connectivity index (χ1v) is 18.1. The van der Waals surface area contributed by atoms with Crippen molar-refractivity contribution in [1.82, 2.24) is 19.1 Å². The first-order chi connectivity index (χ1) is 24.3. The van der Waals surface area contributed by atoms with E-state index in [4.69, 9.17) is 4.74 Å². The smallest absolute Gasteiger partial charge is 0.144 e. The van der Waals surface area contributed by atoms with Gasteiger partial charge in [-0.3, -0.25) is 9.13 Å². The first kappa shape index (κ1) is 37.2. The maximum Gasteiger partial charge on any atom is 0.144 e. The molecule has 1 N–H and O–H groups in total. The lowest BCUT2D eigenvalue weighted by atomic mass is 9.92. The molecule has 6 heteroatoms. The van der Waals surface area contributed by atoms with E-state index in [-0.39, 0.29) is 5.75 Å². The molecule has 2 heterocycles. The number of nitrogens with zero attached hydrogens (tertiary/aromatic N) is 4. The second kappa shape index (κ2) is 15.8. The minimum Gasteiger partial charge on any atom is -0.508 e. The van der Waals surface area contributed by atoms with Gasteiger partial charge in [0, 0.05) is 35.9 Å². The number of aromatic hydroxyl groups is 1. The molecule has 0 aliphatic carbocycles. The van der Waals surface area contributed by atoms with Crippen molar-refractivity contribution in [2.45, 2.75) is 92.9 Å². The Balaban J connectivity index is 0.000000198. The second-order valence-corrected chi connectivity index (χ2v) is 14.7. The van der Waals surface area contributed by atoms with E-state index in [2.05, 4.69) is 142 Å². The van der Waals surface area contributed by atoms with Crippen molar-refractivity contribution in [2.24, 2.45) is 0 Å². The molecule has 0 aliphatic rings. The minimum atomic E-state index is 0.269. The molecule has 0 bridgehead atoms. The molecule has 0 spiro atoms. The number of aryl methyl sites for hydroxylation is 2. The Morgan fingerprint density at radius 3 is 1.31 bits per heavy atom. The van der Waals surface area contributed by atoms with Crippen LogP contribution in [0.1, 0.15) is 112 Å². The lowest BCUT2D eigenvalue weighted by Crippen LogP contribution is -2.08. The number of phenolic OH excluding ortho intramolecular Hbond substituents is 1. The van der Waals surface area contributed by atoms with Gasteiger partial charge in [-0.1, -0.05) is 91.8 Å². The molecule has 0 saturated carbocycles. The number of para-hydroxylation sites is 2. The van der Waals surface area contributed by atoms with Gasteiger partial charge < -0.3 is 9.84 Å². The molecule has 6 aromatic rings. The van der Waals surface area contributed by atoms with Crippen LogP contribution in [-0.2, 0) is 0 Å². The summed E-state index contributed by atoms with van der Waals surface area (Å²) < 4.78 is 9.87. The zero-order valence-electron chi connectivity index (χ0n) is 32.2. The summed E-state index contributed by atoms with van der Waals surface area (Å²) in [7, 11) is 1.70. The average Bonchev–Trinajstić information content (AvgIpc) is 3.78. The highest BCUT2D eigenvalue weighted by Gasteiger charge is 2.20. The topological polar surface area (TPSA) is 65.1 Å². The maximum absolute atomic E-state index is 10.0. The summed E-state index contributed by atoms with van der Waals surface area (Å²) >= 11 is 0. The van der Waals surface area contributed by atoms with Crippen LogP contribution in [-0.4, -0.2) is 31.3 Å². The lowest BCUT2D eigenvalue weighted by Gasteiger charge is -2.22. The van der Waals surface area contributed by atoms with Gasteiger partial charge in [0.05, 0.1) is 18.5 Å². The Morgan fingerprint density at radius 2 is 0.941 bits per heavy atom. The monoisotopic (exact) mass is 682 g/mol. The van der Waals surface area contributed by atoms with E-state index in [0.717, 1.165) is 39.7 Å². The van der Waals surface area contributed by atoms with Crippen LogP contribution >= 0.6 is 0 Å². The number of rotatable bonds is 9. The number of ether oxygens (including phenoxy) is 1. The van der Waals surface area contributed by atoms with Crippen molar-refractivity contribution in [2.75, 3.05) is 7.11 Å². The van der Waals surface area contributed by atoms with Crippen molar-refractivity contribution in [1.29, 1.82) is 0 Å². The summed E-state index contributed by atoms with van der Waals surface area (Å²) in [6.45, 7) is 21.9. The Labute approximate surface area is 304 Å². The van der Waals surface area contributed by atoms with Gasteiger partial charge in [-0.05, 0) is 107 Å². The SMILES string of the molecule is COc1cc(C)cc(-c2nccn2-c2c(C(C)C)cccc2C(C)C)c1.Cc1cc(O)cc(-c2nccn2-c2c(C(C)C)cccc2C(C)C)c1. The second-order valence-electron chi connectivity index (χ2n) is 14.7. The predicted molar refractivity (Wildman–Crippen MR) is 212 cm³/mol. The number of benzene rings is 4. The van der Waals surface area contributed by atoms with Crippen molar-refractivity contribution < 1.29 is 9.84 Å². The van der Waals surface area contributed by atoms with E-state index in [1.807, 2.05) is 31.6 Å². The maximum atomic E-state index is 10.0. The van der Waals surface area contributed by atoms with E-state index in [1.54, 1.807) is 19.2 Å². The van der Waals surface area contributed by atoms with Crippen LogP contribution < -0.4 is 4.74 Å². The normalized spacial score (nSPS) is 11.4. The summed E-state index contributed by atoms with van der Waals surface area (Å²) in [5.41, 5.74) is 11.9. The molecule has 0 saturated heterocycles. The quantitative estimate of drug-likeness (QED) is 0.165. The highest BCUT2D eigenvalue weighted by molar-refractivity contribution is 5.66. The van der Waals surface area contributed by atoms with Gasteiger partial charge in [0.15, 0.2) is 0 Å². The van der Waals surface area contributed by atoms with Crippen LogP contribution in [0.4, 0.5) is 0 Å². The fraction of sp³-hybridized carbons (Fsp3) is 0.333. The highest BCUT2D eigenvalue weighted by Crippen LogP contribution is 2.36. The van der Waals surface area contributed by atoms with Crippen LogP contribution in [0.3, 0.4) is 0 Å². The van der Waals surface area contributed by atoms with Crippen LogP contribution in [0.15, 0.2) is 97.6 Å². The lowest BCUT2D eigenvalue weighted by molar-refractivity contribution is 0.414. The highest BCUT2D eigenvalue weighted by atomic mass is 16.5. The number of phenols is 1. The molecule has 2 aromatic heterocycles. The Kier molecular flexibility index (Phi) is 11.5. The van der Waals surface area contributed by atoms with Crippen molar-refractivity contribution in [3.05, 3.63) is 131 Å². The first-order valence-electron chi connectivity index (χ1n) is 18.1. The number of aromatic nitrogens is 4. The van der Waals surface area contributed by atoms with E-state index in [1.165, 1.54) is 33.6 Å². The predicted octanol–water partition coefficient (Wildman–Crippen LogP) is 11.9. The van der Waals surface area contributed by atoms with Gasteiger partial charge in [-0.25, -0.2) is 9.97 Å². The molecule has 0 atom stereocenters. The van der Waals surface area contributed by atoms with Gasteiger partial charge in [0.1, 0.15) is 23.1 Å². The van der Waals surface area contributed by atoms with Crippen LogP contribution in [0, 0.1) is 13.8 Å². The summed E-state index contributed by atoms with van der Waals surface area (Å²) in [6.07, 6.45) is 7.79. The van der Waals surface area contributed by atoms with Gasteiger partial charge in [-0.2, -0.15) is 0 Å². The zero-order chi connectivity index (χ0) is 37.0. The Hall–Kier alpha value is -5.10. The molecule has 266 valence electrons. The van der Waals surface area contributed by atoms with Crippen molar-refractivity contribution in [3.63, 3.8) is 0 Å². The molecular formula is C45H54N4O2.